The number of hydrogen-bond donors (Lipinski definition) is 2. The SMILES string of the molecule is NCCCNC(=O)CC(=O)N1CCOCC1. The molecule has 0 aliphatic carbocycles. The molecular formula is C10H19N3O3. The van der Waals surface area contributed by atoms with E-state index in [1.807, 2.05) is 0 Å². The first kappa shape index (κ1) is 12.9. The van der Waals surface area contributed by atoms with Crippen LogP contribution in [-0.4, -0.2) is 56.1 Å². The average Bonchev–Trinajstić information content (AvgIpc) is 2.30. The zero-order valence-corrected chi connectivity index (χ0v) is 9.41. The number of amides is 2. The van der Waals surface area contributed by atoms with Gasteiger partial charge in [-0.15, -0.1) is 0 Å². The highest BCUT2D eigenvalue weighted by molar-refractivity contribution is 5.96. The number of rotatable bonds is 5. The number of carbonyl (C=O) groups excluding carboxylic acids is 2. The van der Waals surface area contributed by atoms with E-state index in [0.717, 1.165) is 6.42 Å². The van der Waals surface area contributed by atoms with E-state index < -0.39 is 0 Å². The number of ether oxygens (including phenoxy) is 1. The second-order valence-corrected chi connectivity index (χ2v) is 3.66. The van der Waals surface area contributed by atoms with E-state index in [4.69, 9.17) is 10.5 Å². The molecule has 0 spiro atoms. The van der Waals surface area contributed by atoms with Gasteiger partial charge < -0.3 is 20.7 Å². The molecule has 0 bridgehead atoms. The molecule has 1 heterocycles. The molecule has 6 heteroatoms. The molecule has 1 rings (SSSR count). The number of nitrogens with two attached hydrogens (primary N) is 1. The Morgan fingerprint density at radius 1 is 1.31 bits per heavy atom. The van der Waals surface area contributed by atoms with Crippen molar-refractivity contribution in [2.75, 3.05) is 39.4 Å². The molecule has 0 radical (unpaired) electrons. The lowest BCUT2D eigenvalue weighted by Crippen LogP contribution is -2.42. The van der Waals surface area contributed by atoms with Crippen LogP contribution in [-0.2, 0) is 14.3 Å². The maximum absolute atomic E-state index is 11.6. The van der Waals surface area contributed by atoms with Gasteiger partial charge >= 0.3 is 0 Å². The second kappa shape index (κ2) is 7.19. The normalized spacial score (nSPS) is 15.9. The molecule has 2 amide bonds. The smallest absolute Gasteiger partial charge is 0.232 e. The molecule has 6 nitrogen and oxygen atoms in total. The van der Waals surface area contributed by atoms with E-state index in [1.54, 1.807) is 4.90 Å². The fraction of sp³-hybridized carbons (Fsp3) is 0.800. The first-order valence-corrected chi connectivity index (χ1v) is 5.56. The summed E-state index contributed by atoms with van der Waals surface area (Å²) in [4.78, 5) is 24.6. The summed E-state index contributed by atoms with van der Waals surface area (Å²) in [5, 5.41) is 2.66. The Bertz CT molecular complexity index is 239. The van der Waals surface area contributed by atoms with Crippen LogP contribution in [0.25, 0.3) is 0 Å². The van der Waals surface area contributed by atoms with E-state index in [0.29, 0.717) is 39.4 Å². The standard InChI is InChI=1S/C10H19N3O3/c11-2-1-3-12-9(14)8-10(15)13-4-6-16-7-5-13/h1-8,11H2,(H,12,14). The van der Waals surface area contributed by atoms with E-state index >= 15 is 0 Å². The van der Waals surface area contributed by atoms with Crippen LogP contribution >= 0.6 is 0 Å². The highest BCUT2D eigenvalue weighted by Crippen LogP contribution is 1.99. The van der Waals surface area contributed by atoms with Crippen LogP contribution in [0.1, 0.15) is 12.8 Å². The van der Waals surface area contributed by atoms with Crippen molar-refractivity contribution in [2.24, 2.45) is 5.73 Å². The summed E-state index contributed by atoms with van der Waals surface area (Å²) < 4.78 is 5.13. The molecule has 16 heavy (non-hydrogen) atoms. The average molecular weight is 229 g/mol. The first-order chi connectivity index (χ1) is 7.74. The maximum atomic E-state index is 11.6. The minimum Gasteiger partial charge on any atom is -0.378 e. The highest BCUT2D eigenvalue weighted by Gasteiger charge is 2.18. The number of nitrogens with zero attached hydrogens (tertiary/aromatic N) is 1. The molecule has 0 unspecified atom stereocenters. The van der Waals surface area contributed by atoms with Gasteiger partial charge in [0.1, 0.15) is 6.42 Å². The molecule has 0 aromatic carbocycles. The molecule has 0 aromatic rings. The van der Waals surface area contributed by atoms with Crippen molar-refractivity contribution >= 4 is 11.8 Å². The van der Waals surface area contributed by atoms with Gasteiger partial charge in [-0.25, -0.2) is 0 Å². The van der Waals surface area contributed by atoms with Crippen LogP contribution in [0, 0.1) is 0 Å². The van der Waals surface area contributed by atoms with Crippen molar-refractivity contribution in [3.8, 4) is 0 Å². The van der Waals surface area contributed by atoms with Crippen molar-refractivity contribution in [3.05, 3.63) is 0 Å². The quantitative estimate of drug-likeness (QED) is 0.453. The van der Waals surface area contributed by atoms with Crippen LogP contribution in [0.2, 0.25) is 0 Å². The predicted molar refractivity (Wildman–Crippen MR) is 58.7 cm³/mol. The van der Waals surface area contributed by atoms with Gasteiger partial charge in [-0.2, -0.15) is 0 Å². The molecule has 3 N–H and O–H groups in total. The molecular weight excluding hydrogens is 210 g/mol. The molecule has 1 fully saturated rings. The van der Waals surface area contributed by atoms with Gasteiger partial charge in [0.2, 0.25) is 11.8 Å². The molecule has 1 saturated heterocycles. The minimum atomic E-state index is -0.232. The van der Waals surface area contributed by atoms with Crippen LogP contribution in [0.4, 0.5) is 0 Å². The Labute approximate surface area is 95.1 Å². The van der Waals surface area contributed by atoms with Gasteiger partial charge in [0.25, 0.3) is 0 Å². The van der Waals surface area contributed by atoms with Crippen molar-refractivity contribution in [3.63, 3.8) is 0 Å². The summed E-state index contributed by atoms with van der Waals surface area (Å²) in [6.07, 6.45) is 0.655. The number of carbonyl (C=O) groups is 2. The third kappa shape index (κ3) is 4.59. The number of hydrogen-bond acceptors (Lipinski definition) is 4. The monoisotopic (exact) mass is 229 g/mol. The summed E-state index contributed by atoms with van der Waals surface area (Å²) in [5.74, 6) is -0.363. The molecule has 0 atom stereocenters. The molecule has 92 valence electrons. The Hall–Kier alpha value is -1.14. The van der Waals surface area contributed by atoms with Gasteiger partial charge in [0, 0.05) is 19.6 Å². The lowest BCUT2D eigenvalue weighted by atomic mass is 10.3. The lowest BCUT2D eigenvalue weighted by Gasteiger charge is -2.26. The summed E-state index contributed by atoms with van der Waals surface area (Å²) >= 11 is 0. The predicted octanol–water partition coefficient (Wildman–Crippen LogP) is -1.30. The maximum Gasteiger partial charge on any atom is 0.232 e. The summed E-state index contributed by atoms with van der Waals surface area (Å²) in [6, 6.07) is 0. The van der Waals surface area contributed by atoms with E-state index in [1.165, 1.54) is 0 Å². The lowest BCUT2D eigenvalue weighted by molar-refractivity contribution is -0.139. The van der Waals surface area contributed by atoms with Crippen molar-refractivity contribution in [1.82, 2.24) is 10.2 Å². The fourth-order valence-electron chi connectivity index (χ4n) is 1.45. The fourth-order valence-corrected chi connectivity index (χ4v) is 1.45. The van der Waals surface area contributed by atoms with Gasteiger partial charge in [-0.1, -0.05) is 0 Å². The van der Waals surface area contributed by atoms with Gasteiger partial charge in [0.15, 0.2) is 0 Å². The van der Waals surface area contributed by atoms with Crippen LogP contribution in [0.15, 0.2) is 0 Å². The third-order valence-corrected chi connectivity index (χ3v) is 2.38. The van der Waals surface area contributed by atoms with Crippen LogP contribution in [0.3, 0.4) is 0 Å². The Kier molecular flexibility index (Phi) is 5.81. The van der Waals surface area contributed by atoms with Crippen molar-refractivity contribution in [2.45, 2.75) is 12.8 Å². The highest BCUT2D eigenvalue weighted by atomic mass is 16.5. The van der Waals surface area contributed by atoms with E-state index in [2.05, 4.69) is 5.32 Å². The Morgan fingerprint density at radius 2 is 2.00 bits per heavy atom. The second-order valence-electron chi connectivity index (χ2n) is 3.66. The molecule has 0 aromatic heterocycles. The van der Waals surface area contributed by atoms with Gasteiger partial charge in [-0.3, -0.25) is 9.59 Å². The molecule has 1 aliphatic rings. The third-order valence-electron chi connectivity index (χ3n) is 2.38. The largest absolute Gasteiger partial charge is 0.378 e. The molecule has 1 aliphatic heterocycles. The molecule has 0 saturated carbocycles. The minimum absolute atomic E-state index is 0.0788. The van der Waals surface area contributed by atoms with Crippen LogP contribution in [0.5, 0.6) is 0 Å². The number of nitrogens with one attached hydrogen (secondary N) is 1. The summed E-state index contributed by atoms with van der Waals surface area (Å²) in [6.45, 7) is 3.34. The number of morpholine rings is 1. The zero-order chi connectivity index (χ0) is 11.8. The van der Waals surface area contributed by atoms with Crippen molar-refractivity contribution in [1.29, 1.82) is 0 Å². The Balaban J connectivity index is 2.19. The van der Waals surface area contributed by atoms with E-state index in [9.17, 15) is 9.59 Å². The topological polar surface area (TPSA) is 84.7 Å². The summed E-state index contributed by atoms with van der Waals surface area (Å²) in [5.41, 5.74) is 5.29. The van der Waals surface area contributed by atoms with E-state index in [-0.39, 0.29) is 18.2 Å². The zero-order valence-electron chi connectivity index (χ0n) is 9.41. The van der Waals surface area contributed by atoms with Gasteiger partial charge in [-0.05, 0) is 13.0 Å². The first-order valence-electron chi connectivity index (χ1n) is 5.56. The summed E-state index contributed by atoms with van der Waals surface area (Å²) in [7, 11) is 0. The Morgan fingerprint density at radius 3 is 2.62 bits per heavy atom. The van der Waals surface area contributed by atoms with Crippen molar-refractivity contribution < 1.29 is 14.3 Å². The van der Waals surface area contributed by atoms with Crippen LogP contribution < -0.4 is 11.1 Å². The van der Waals surface area contributed by atoms with Gasteiger partial charge in [0.05, 0.1) is 13.2 Å².